The Labute approximate surface area is 180 Å². The van der Waals surface area contributed by atoms with Crippen molar-refractivity contribution in [2.24, 2.45) is 0 Å². The molecule has 6 nitrogen and oxygen atoms in total. The fourth-order valence-electron chi connectivity index (χ4n) is 4.18. The lowest BCUT2D eigenvalue weighted by atomic mass is 10.1. The molecule has 162 valence electrons. The largest absolute Gasteiger partial charge is 0.493 e. The van der Waals surface area contributed by atoms with Gasteiger partial charge in [-0.15, -0.1) is 0 Å². The molecular weight excluding hydrogens is 378 g/mol. The van der Waals surface area contributed by atoms with Crippen LogP contribution in [0.3, 0.4) is 0 Å². The van der Waals surface area contributed by atoms with Crippen LogP contribution in [0.15, 0.2) is 42.5 Å². The molecule has 1 fully saturated rings. The van der Waals surface area contributed by atoms with E-state index in [1.54, 1.807) is 19.1 Å². The van der Waals surface area contributed by atoms with Gasteiger partial charge >= 0.3 is 0 Å². The molecule has 1 amide bonds. The molecule has 30 heavy (non-hydrogen) atoms. The monoisotopic (exact) mass is 413 g/mol. The van der Waals surface area contributed by atoms with Crippen molar-refractivity contribution < 1.29 is 24.1 Å². The van der Waals surface area contributed by atoms with E-state index in [1.807, 2.05) is 23.1 Å². The van der Waals surface area contributed by atoms with Gasteiger partial charge < -0.3 is 24.2 Å². The number of ether oxygens (including phenoxy) is 2. The minimum atomic E-state index is 0.226. The zero-order chi connectivity index (χ0) is 21.5. The van der Waals surface area contributed by atoms with Crippen molar-refractivity contribution in [3.8, 4) is 11.5 Å². The van der Waals surface area contributed by atoms with E-state index < -0.39 is 0 Å². The molecule has 2 N–H and O–H groups in total. The van der Waals surface area contributed by atoms with Crippen LogP contribution in [0.2, 0.25) is 0 Å². The molecule has 0 radical (unpaired) electrons. The Morgan fingerprint density at radius 2 is 1.73 bits per heavy atom. The molecule has 0 saturated carbocycles. The summed E-state index contributed by atoms with van der Waals surface area (Å²) < 4.78 is 10.9. The van der Waals surface area contributed by atoms with Gasteiger partial charge in [-0.05, 0) is 24.6 Å². The maximum atomic E-state index is 12.8. The minimum absolute atomic E-state index is 0.226. The second kappa shape index (κ2) is 10.5. The summed E-state index contributed by atoms with van der Waals surface area (Å²) in [6.07, 6.45) is 0. The summed E-state index contributed by atoms with van der Waals surface area (Å²) >= 11 is 0. The Hall–Kier alpha value is -2.57. The van der Waals surface area contributed by atoms with Crippen LogP contribution in [0.4, 0.5) is 0 Å². The number of aryl methyl sites for hydroxylation is 1. The Bertz CT molecular complexity index is 847. The number of nitrogens with zero attached hydrogens (tertiary/aromatic N) is 1. The summed E-state index contributed by atoms with van der Waals surface area (Å²) in [5, 5.41) is 0. The van der Waals surface area contributed by atoms with Crippen LogP contribution in [-0.2, 0) is 17.9 Å². The van der Waals surface area contributed by atoms with Crippen LogP contribution in [0.5, 0.6) is 11.5 Å². The maximum Gasteiger partial charge on any atom is 0.278 e. The Kier molecular flexibility index (Phi) is 7.71. The number of carbonyl (C=O) groups excluding carboxylic acids is 1. The van der Waals surface area contributed by atoms with Crippen molar-refractivity contribution >= 4 is 5.91 Å². The second-order valence-electron chi connectivity index (χ2n) is 8.20. The average molecular weight is 414 g/mol. The lowest BCUT2D eigenvalue weighted by Gasteiger charge is -2.32. The van der Waals surface area contributed by atoms with Crippen molar-refractivity contribution in [3.63, 3.8) is 0 Å². The molecule has 0 aromatic heterocycles. The Balaban J connectivity index is 1.49. The first kappa shape index (κ1) is 22.1. The van der Waals surface area contributed by atoms with Crippen LogP contribution in [0, 0.1) is 6.92 Å². The highest BCUT2D eigenvalue weighted by Crippen LogP contribution is 2.29. The zero-order valence-corrected chi connectivity index (χ0v) is 18.7. The third-order valence-corrected chi connectivity index (χ3v) is 5.95. The smallest absolute Gasteiger partial charge is 0.278 e. The highest BCUT2D eigenvalue weighted by molar-refractivity contribution is 5.77. The van der Waals surface area contributed by atoms with Gasteiger partial charge in [-0.2, -0.15) is 0 Å². The zero-order valence-electron chi connectivity index (χ0n) is 18.7. The number of amides is 1. The lowest BCUT2D eigenvalue weighted by molar-refractivity contribution is -0.918. The van der Waals surface area contributed by atoms with E-state index in [0.29, 0.717) is 13.1 Å². The van der Waals surface area contributed by atoms with Gasteiger partial charge in [0.05, 0.1) is 53.0 Å². The highest BCUT2D eigenvalue weighted by Gasteiger charge is 2.26. The molecule has 1 aliphatic rings. The molecule has 1 atom stereocenters. The van der Waals surface area contributed by atoms with E-state index in [2.05, 4.69) is 38.2 Å². The number of para-hydroxylation sites is 1. The molecule has 2 aromatic carbocycles. The second-order valence-corrected chi connectivity index (χ2v) is 8.20. The summed E-state index contributed by atoms with van der Waals surface area (Å²) in [6.45, 7) is 8.06. The molecule has 0 spiro atoms. The molecular formula is C24H35N3O3+2. The lowest BCUT2D eigenvalue weighted by Crippen LogP contribution is -3.14. The number of methoxy groups -OCH3 is 2. The topological polar surface area (TPSA) is 47.7 Å². The Morgan fingerprint density at radius 1 is 1.03 bits per heavy atom. The van der Waals surface area contributed by atoms with Gasteiger partial charge in [-0.1, -0.05) is 30.3 Å². The van der Waals surface area contributed by atoms with Gasteiger partial charge in [0.1, 0.15) is 13.1 Å². The highest BCUT2D eigenvalue weighted by atomic mass is 16.5. The molecule has 1 unspecified atom stereocenters. The van der Waals surface area contributed by atoms with Crippen molar-refractivity contribution in [1.82, 2.24) is 4.90 Å². The van der Waals surface area contributed by atoms with Gasteiger partial charge in [-0.25, -0.2) is 0 Å². The van der Waals surface area contributed by atoms with Crippen LogP contribution >= 0.6 is 0 Å². The number of piperazine rings is 1. The van der Waals surface area contributed by atoms with E-state index in [9.17, 15) is 4.79 Å². The van der Waals surface area contributed by atoms with Gasteiger partial charge in [0, 0.05) is 5.56 Å². The Morgan fingerprint density at radius 3 is 2.40 bits per heavy atom. The van der Waals surface area contributed by atoms with Crippen molar-refractivity contribution in [2.75, 3.05) is 54.0 Å². The van der Waals surface area contributed by atoms with Gasteiger partial charge in [0.2, 0.25) is 0 Å². The standard InChI is InChI=1S/C24H33N3O3/c1-19-8-5-6-9-20(19)17-26-12-14-27(15-13-26)23(28)18-25(2)16-21-10-7-11-22(29-3)24(21)30-4/h5-11H,12-18H2,1-4H3/p+2. The minimum Gasteiger partial charge on any atom is -0.493 e. The maximum absolute atomic E-state index is 12.8. The summed E-state index contributed by atoms with van der Waals surface area (Å²) in [6, 6.07) is 14.5. The SMILES string of the molecule is COc1cccc(C[NH+](C)CC(=O)N2CC[NH+](Cc3ccccc3C)CC2)c1OC. The van der Waals surface area contributed by atoms with Crippen molar-refractivity contribution in [3.05, 3.63) is 59.2 Å². The molecule has 6 heteroatoms. The fraction of sp³-hybridized carbons (Fsp3) is 0.458. The molecule has 3 rings (SSSR count). The predicted octanol–water partition coefficient (Wildman–Crippen LogP) is -0.0458. The molecule has 1 aliphatic heterocycles. The number of hydrogen-bond acceptors (Lipinski definition) is 3. The third kappa shape index (κ3) is 5.52. The first-order valence-corrected chi connectivity index (χ1v) is 10.7. The average Bonchev–Trinajstić information content (AvgIpc) is 2.75. The molecule has 0 bridgehead atoms. The number of quaternary nitrogens is 2. The molecule has 2 aromatic rings. The predicted molar refractivity (Wildman–Crippen MR) is 117 cm³/mol. The summed E-state index contributed by atoms with van der Waals surface area (Å²) in [5.41, 5.74) is 3.81. The first-order valence-electron chi connectivity index (χ1n) is 10.7. The quantitative estimate of drug-likeness (QED) is 0.638. The molecule has 1 heterocycles. The summed E-state index contributed by atoms with van der Waals surface area (Å²) in [4.78, 5) is 17.5. The normalized spacial score (nSPS) is 15.7. The van der Waals surface area contributed by atoms with Crippen molar-refractivity contribution in [2.45, 2.75) is 20.0 Å². The van der Waals surface area contributed by atoms with Crippen LogP contribution in [-0.4, -0.2) is 64.8 Å². The number of hydrogen-bond donors (Lipinski definition) is 2. The van der Waals surface area contributed by atoms with Crippen LogP contribution in [0.25, 0.3) is 0 Å². The molecule has 1 saturated heterocycles. The van der Waals surface area contributed by atoms with E-state index in [0.717, 1.165) is 54.7 Å². The van der Waals surface area contributed by atoms with Crippen LogP contribution < -0.4 is 19.3 Å². The number of nitrogens with one attached hydrogen (secondary N) is 2. The van der Waals surface area contributed by atoms with E-state index in [-0.39, 0.29) is 5.91 Å². The number of likely N-dealkylation sites (N-methyl/N-ethyl adjacent to an activating group) is 1. The summed E-state index contributed by atoms with van der Waals surface area (Å²) in [5.74, 6) is 1.70. The third-order valence-electron chi connectivity index (χ3n) is 5.95. The van der Waals surface area contributed by atoms with Gasteiger partial charge in [0.15, 0.2) is 18.0 Å². The fourth-order valence-corrected chi connectivity index (χ4v) is 4.18. The van der Waals surface area contributed by atoms with E-state index >= 15 is 0 Å². The van der Waals surface area contributed by atoms with E-state index in [1.165, 1.54) is 11.1 Å². The van der Waals surface area contributed by atoms with Crippen molar-refractivity contribution in [1.29, 1.82) is 0 Å². The summed E-state index contributed by atoms with van der Waals surface area (Å²) in [7, 11) is 5.35. The molecule has 0 aliphatic carbocycles. The van der Waals surface area contributed by atoms with Gasteiger partial charge in [0.25, 0.3) is 5.91 Å². The number of benzene rings is 2. The van der Waals surface area contributed by atoms with Gasteiger partial charge in [-0.3, -0.25) is 4.79 Å². The van der Waals surface area contributed by atoms with Crippen LogP contribution in [0.1, 0.15) is 16.7 Å². The van der Waals surface area contributed by atoms with E-state index in [4.69, 9.17) is 9.47 Å². The number of rotatable bonds is 8. The first-order chi connectivity index (χ1) is 14.5. The number of carbonyl (C=O) groups is 1.